The van der Waals surface area contributed by atoms with Crippen LogP contribution in [0.2, 0.25) is 5.02 Å². The van der Waals surface area contributed by atoms with Crippen LogP contribution in [0.1, 0.15) is 10.4 Å². The van der Waals surface area contributed by atoms with Gasteiger partial charge in [0.2, 0.25) is 0 Å². The number of ether oxygens (including phenoxy) is 1. The molecule has 1 aromatic rings. The van der Waals surface area contributed by atoms with Crippen LogP contribution in [0.3, 0.4) is 0 Å². The Balaban J connectivity index is 2.38. The number of esters is 1. The molecule has 1 aliphatic rings. The summed E-state index contributed by atoms with van der Waals surface area (Å²) in [6.07, 6.45) is 0. The molecule has 0 N–H and O–H groups in total. The molecule has 0 aliphatic carbocycles. The Kier molecular flexibility index (Phi) is 2.71. The van der Waals surface area contributed by atoms with E-state index >= 15 is 0 Å². The van der Waals surface area contributed by atoms with Crippen LogP contribution in [0.25, 0.3) is 0 Å². The Morgan fingerprint density at radius 1 is 1.53 bits per heavy atom. The zero-order valence-corrected chi connectivity index (χ0v) is 9.39. The molecule has 0 fully saturated rings. The van der Waals surface area contributed by atoms with E-state index in [1.165, 1.54) is 18.9 Å². The lowest BCUT2D eigenvalue weighted by molar-refractivity contribution is -0.138. The van der Waals surface area contributed by atoms with Gasteiger partial charge in [0.05, 0.1) is 7.11 Å². The second-order valence-corrected chi connectivity index (χ2v) is 4.61. The van der Waals surface area contributed by atoms with Crippen molar-refractivity contribution in [3.05, 3.63) is 28.8 Å². The molecule has 2 rings (SSSR count). The Morgan fingerprint density at radius 2 is 2.27 bits per heavy atom. The highest BCUT2D eigenvalue weighted by molar-refractivity contribution is 8.02. The Bertz CT molecular complexity index is 444. The van der Waals surface area contributed by atoms with E-state index in [-0.39, 0.29) is 5.78 Å². The number of hydrogen-bond acceptors (Lipinski definition) is 4. The largest absolute Gasteiger partial charge is 0.468 e. The van der Waals surface area contributed by atoms with E-state index in [1.54, 1.807) is 18.2 Å². The summed E-state index contributed by atoms with van der Waals surface area (Å²) in [7, 11) is 1.27. The number of rotatable bonds is 1. The van der Waals surface area contributed by atoms with Crippen molar-refractivity contribution < 1.29 is 14.3 Å². The van der Waals surface area contributed by atoms with Crippen molar-refractivity contribution in [1.29, 1.82) is 0 Å². The first kappa shape index (κ1) is 10.5. The first-order chi connectivity index (χ1) is 7.13. The standard InChI is InChI=1S/C10H7ClO3S/c1-14-10(13)9-8(12)6-4-5(11)2-3-7(6)15-9/h2-4,9H,1H3. The van der Waals surface area contributed by atoms with Gasteiger partial charge in [0.15, 0.2) is 11.0 Å². The van der Waals surface area contributed by atoms with Gasteiger partial charge in [-0.1, -0.05) is 11.6 Å². The van der Waals surface area contributed by atoms with Gasteiger partial charge >= 0.3 is 5.97 Å². The van der Waals surface area contributed by atoms with E-state index in [2.05, 4.69) is 4.74 Å². The number of benzene rings is 1. The predicted octanol–water partition coefficient (Wildman–Crippen LogP) is 2.17. The van der Waals surface area contributed by atoms with E-state index < -0.39 is 11.2 Å². The highest BCUT2D eigenvalue weighted by Crippen LogP contribution is 2.38. The van der Waals surface area contributed by atoms with Gasteiger partial charge in [0, 0.05) is 15.5 Å². The lowest BCUT2D eigenvalue weighted by Gasteiger charge is -2.02. The van der Waals surface area contributed by atoms with Crippen molar-refractivity contribution in [3.63, 3.8) is 0 Å². The van der Waals surface area contributed by atoms with Gasteiger partial charge in [-0.2, -0.15) is 0 Å². The van der Waals surface area contributed by atoms with Crippen molar-refractivity contribution >= 4 is 35.1 Å². The molecule has 0 saturated heterocycles. The maximum atomic E-state index is 11.8. The molecule has 1 heterocycles. The molecule has 3 nitrogen and oxygen atoms in total. The van der Waals surface area contributed by atoms with Crippen LogP contribution >= 0.6 is 23.4 Å². The highest BCUT2D eigenvalue weighted by Gasteiger charge is 2.37. The molecule has 5 heteroatoms. The lowest BCUT2D eigenvalue weighted by atomic mass is 10.1. The Morgan fingerprint density at radius 3 is 2.93 bits per heavy atom. The SMILES string of the molecule is COC(=O)C1Sc2ccc(Cl)cc2C1=O. The summed E-state index contributed by atoms with van der Waals surface area (Å²) in [4.78, 5) is 23.8. The number of fused-ring (bicyclic) bond motifs is 1. The average Bonchev–Trinajstić information content (AvgIpc) is 2.55. The van der Waals surface area contributed by atoms with Crippen molar-refractivity contribution in [2.75, 3.05) is 7.11 Å². The van der Waals surface area contributed by atoms with Gasteiger partial charge < -0.3 is 4.74 Å². The van der Waals surface area contributed by atoms with Crippen LogP contribution in [0.4, 0.5) is 0 Å². The molecule has 1 unspecified atom stereocenters. The number of hydrogen-bond donors (Lipinski definition) is 0. The lowest BCUT2D eigenvalue weighted by Crippen LogP contribution is -2.24. The van der Waals surface area contributed by atoms with E-state index in [1.807, 2.05) is 0 Å². The fourth-order valence-corrected chi connectivity index (χ4v) is 2.67. The summed E-state index contributed by atoms with van der Waals surface area (Å²) < 4.78 is 4.55. The average molecular weight is 243 g/mol. The zero-order chi connectivity index (χ0) is 11.0. The minimum Gasteiger partial charge on any atom is -0.468 e. The number of thioether (sulfide) groups is 1. The van der Waals surface area contributed by atoms with Crippen LogP contribution in [0, 0.1) is 0 Å². The Labute approximate surface area is 95.7 Å². The molecule has 0 bridgehead atoms. The van der Waals surface area contributed by atoms with Crippen LogP contribution in [0.5, 0.6) is 0 Å². The summed E-state index contributed by atoms with van der Waals surface area (Å²) in [5.74, 6) is -0.748. The zero-order valence-electron chi connectivity index (χ0n) is 7.82. The number of Topliss-reactive ketones (excluding diaryl/α,β-unsaturated/α-hetero) is 1. The third-order valence-corrected chi connectivity index (χ3v) is 3.59. The molecule has 0 aromatic heterocycles. The fourth-order valence-electron chi connectivity index (χ4n) is 1.38. The number of methoxy groups -OCH3 is 1. The quantitative estimate of drug-likeness (QED) is 0.559. The molecule has 0 spiro atoms. The van der Waals surface area contributed by atoms with Gasteiger partial charge in [0.1, 0.15) is 0 Å². The van der Waals surface area contributed by atoms with Crippen molar-refractivity contribution in [2.24, 2.45) is 0 Å². The van der Waals surface area contributed by atoms with Crippen LogP contribution < -0.4 is 0 Å². The number of carbonyl (C=O) groups excluding carboxylic acids is 2. The topological polar surface area (TPSA) is 43.4 Å². The second-order valence-electron chi connectivity index (χ2n) is 3.03. The molecular weight excluding hydrogens is 236 g/mol. The summed E-state index contributed by atoms with van der Waals surface area (Å²) >= 11 is 6.98. The minimum atomic E-state index is -0.775. The monoisotopic (exact) mass is 242 g/mol. The predicted molar refractivity (Wildman–Crippen MR) is 57.4 cm³/mol. The minimum absolute atomic E-state index is 0.232. The van der Waals surface area contributed by atoms with Gasteiger partial charge in [0.25, 0.3) is 0 Å². The van der Waals surface area contributed by atoms with Crippen LogP contribution in [-0.4, -0.2) is 24.1 Å². The molecule has 1 aromatic carbocycles. The van der Waals surface area contributed by atoms with Crippen molar-refractivity contribution in [2.45, 2.75) is 10.1 Å². The molecular formula is C10H7ClO3S. The molecule has 15 heavy (non-hydrogen) atoms. The molecule has 0 radical (unpaired) electrons. The molecule has 1 atom stereocenters. The highest BCUT2D eigenvalue weighted by atomic mass is 35.5. The third-order valence-electron chi connectivity index (χ3n) is 2.11. The number of halogens is 1. The van der Waals surface area contributed by atoms with Crippen molar-refractivity contribution in [1.82, 2.24) is 0 Å². The van der Waals surface area contributed by atoms with E-state index in [9.17, 15) is 9.59 Å². The number of carbonyl (C=O) groups is 2. The fraction of sp³-hybridized carbons (Fsp3) is 0.200. The summed E-state index contributed by atoms with van der Waals surface area (Å²) in [5.41, 5.74) is 0.503. The van der Waals surface area contributed by atoms with E-state index in [0.717, 1.165) is 4.90 Å². The Hall–Kier alpha value is -1.00. The van der Waals surface area contributed by atoms with Crippen LogP contribution in [-0.2, 0) is 9.53 Å². The summed E-state index contributed by atoms with van der Waals surface area (Å²) in [5, 5.41) is -0.281. The normalized spacial score (nSPS) is 18.8. The first-order valence-electron chi connectivity index (χ1n) is 4.21. The molecule has 78 valence electrons. The van der Waals surface area contributed by atoms with Gasteiger partial charge in [-0.3, -0.25) is 9.59 Å². The molecule has 0 saturated carbocycles. The van der Waals surface area contributed by atoms with Gasteiger partial charge in [-0.05, 0) is 18.2 Å². The maximum Gasteiger partial charge on any atom is 0.327 e. The van der Waals surface area contributed by atoms with E-state index in [0.29, 0.717) is 10.6 Å². The molecule has 0 amide bonds. The van der Waals surface area contributed by atoms with Crippen LogP contribution in [0.15, 0.2) is 23.1 Å². The first-order valence-corrected chi connectivity index (χ1v) is 5.47. The number of ketones is 1. The third kappa shape index (κ3) is 1.75. The summed E-state index contributed by atoms with van der Waals surface area (Å²) in [6.45, 7) is 0. The van der Waals surface area contributed by atoms with Gasteiger partial charge in [-0.25, -0.2) is 0 Å². The molecule has 1 aliphatic heterocycles. The van der Waals surface area contributed by atoms with Crippen molar-refractivity contribution in [3.8, 4) is 0 Å². The second kappa shape index (κ2) is 3.87. The summed E-state index contributed by atoms with van der Waals surface area (Å²) in [6, 6.07) is 5.01. The van der Waals surface area contributed by atoms with E-state index in [4.69, 9.17) is 11.6 Å². The van der Waals surface area contributed by atoms with Gasteiger partial charge in [-0.15, -0.1) is 11.8 Å². The smallest absolute Gasteiger partial charge is 0.327 e. The maximum absolute atomic E-state index is 11.8.